The summed E-state index contributed by atoms with van der Waals surface area (Å²) in [5.41, 5.74) is 3.51. The van der Waals surface area contributed by atoms with Crippen molar-refractivity contribution in [3.63, 3.8) is 0 Å². The maximum absolute atomic E-state index is 12.3. The molecule has 0 spiro atoms. The van der Waals surface area contributed by atoms with Crippen LogP contribution in [0.25, 0.3) is 10.6 Å². The zero-order valence-corrected chi connectivity index (χ0v) is 17.1. The Hall–Kier alpha value is -2.70. The van der Waals surface area contributed by atoms with Gasteiger partial charge in [-0.05, 0) is 44.0 Å². The molecule has 0 amide bonds. The highest BCUT2D eigenvalue weighted by atomic mass is 32.1. The number of nitrogens with zero attached hydrogens (tertiary/aromatic N) is 1. The lowest BCUT2D eigenvalue weighted by Gasteiger charge is -2.11. The van der Waals surface area contributed by atoms with Gasteiger partial charge in [-0.1, -0.05) is 29.8 Å². The first kappa shape index (κ1) is 19.6. The maximum atomic E-state index is 12.3. The summed E-state index contributed by atoms with van der Waals surface area (Å²) in [5.74, 6) is 0.347. The van der Waals surface area contributed by atoms with E-state index < -0.39 is 0 Å². The van der Waals surface area contributed by atoms with Gasteiger partial charge in [-0.15, -0.1) is 11.3 Å². The highest BCUT2D eigenvalue weighted by Gasteiger charge is 2.16. The quantitative estimate of drug-likeness (QED) is 0.512. The second-order valence-corrected chi connectivity index (χ2v) is 7.91. The van der Waals surface area contributed by atoms with Crippen molar-refractivity contribution in [1.82, 2.24) is 4.98 Å². The van der Waals surface area contributed by atoms with Crippen LogP contribution < -0.4 is 4.74 Å². The number of aromatic nitrogens is 1. The first-order chi connectivity index (χ1) is 14.2. The SMILES string of the molecule is Cc1ccc(-c2nc(COC(=O)c3ccc(OC[C@H]4CCCO4)cc3)cs2)cc1. The van der Waals surface area contributed by atoms with E-state index in [1.807, 2.05) is 17.5 Å². The molecule has 0 unspecified atom stereocenters. The van der Waals surface area contributed by atoms with Gasteiger partial charge < -0.3 is 14.2 Å². The Kier molecular flexibility index (Phi) is 6.22. The van der Waals surface area contributed by atoms with Gasteiger partial charge in [0, 0.05) is 17.6 Å². The van der Waals surface area contributed by atoms with Crippen LogP contribution in [0.4, 0.5) is 0 Å². The number of ether oxygens (including phenoxy) is 3. The molecule has 1 aliphatic rings. The van der Waals surface area contributed by atoms with Crippen LogP contribution >= 0.6 is 11.3 Å². The van der Waals surface area contributed by atoms with Gasteiger partial charge in [0.05, 0.1) is 17.4 Å². The first-order valence-electron chi connectivity index (χ1n) is 9.70. The highest BCUT2D eigenvalue weighted by Crippen LogP contribution is 2.24. The average Bonchev–Trinajstić information content (AvgIpc) is 3.44. The van der Waals surface area contributed by atoms with Crippen LogP contribution in [0, 0.1) is 6.92 Å². The zero-order valence-electron chi connectivity index (χ0n) is 16.3. The molecule has 0 N–H and O–H groups in total. The lowest BCUT2D eigenvalue weighted by molar-refractivity contribution is 0.0468. The fourth-order valence-corrected chi connectivity index (χ4v) is 3.89. The van der Waals surface area contributed by atoms with Crippen molar-refractivity contribution in [1.29, 1.82) is 0 Å². The van der Waals surface area contributed by atoms with Gasteiger partial charge in [-0.25, -0.2) is 9.78 Å². The van der Waals surface area contributed by atoms with Gasteiger partial charge >= 0.3 is 5.97 Å². The van der Waals surface area contributed by atoms with E-state index in [0.717, 1.165) is 41.5 Å². The summed E-state index contributed by atoms with van der Waals surface area (Å²) in [5, 5.41) is 2.84. The van der Waals surface area contributed by atoms with E-state index in [0.29, 0.717) is 12.2 Å². The minimum absolute atomic E-state index is 0.151. The minimum Gasteiger partial charge on any atom is -0.491 e. The molecule has 0 radical (unpaired) electrons. The summed E-state index contributed by atoms with van der Waals surface area (Å²) in [6.07, 6.45) is 2.29. The summed E-state index contributed by atoms with van der Waals surface area (Å²) in [6, 6.07) is 15.2. The van der Waals surface area contributed by atoms with Crippen LogP contribution in [0.2, 0.25) is 0 Å². The van der Waals surface area contributed by atoms with Gasteiger partial charge in [0.2, 0.25) is 0 Å². The molecule has 0 aliphatic carbocycles. The van der Waals surface area contributed by atoms with Crippen LogP contribution in [0.15, 0.2) is 53.9 Å². The Balaban J connectivity index is 1.28. The number of carbonyl (C=O) groups is 1. The molecule has 150 valence electrons. The number of aryl methyl sites for hydroxylation is 1. The molecule has 0 saturated carbocycles. The molecule has 0 bridgehead atoms. The van der Waals surface area contributed by atoms with E-state index in [9.17, 15) is 4.79 Å². The lowest BCUT2D eigenvalue weighted by atomic mass is 10.2. The largest absolute Gasteiger partial charge is 0.491 e. The van der Waals surface area contributed by atoms with E-state index in [-0.39, 0.29) is 18.7 Å². The van der Waals surface area contributed by atoms with Crippen molar-refractivity contribution < 1.29 is 19.0 Å². The predicted molar refractivity (Wildman–Crippen MR) is 112 cm³/mol. The van der Waals surface area contributed by atoms with Crippen LogP contribution in [-0.2, 0) is 16.1 Å². The van der Waals surface area contributed by atoms with Gasteiger partial charge in [0.1, 0.15) is 24.0 Å². The lowest BCUT2D eigenvalue weighted by Crippen LogP contribution is -2.16. The molecule has 5 nitrogen and oxygen atoms in total. The minimum atomic E-state index is -0.374. The number of thiazole rings is 1. The number of carbonyl (C=O) groups excluding carboxylic acids is 1. The average molecular weight is 410 g/mol. The topological polar surface area (TPSA) is 57.7 Å². The van der Waals surface area contributed by atoms with Gasteiger partial charge in [-0.3, -0.25) is 0 Å². The van der Waals surface area contributed by atoms with Crippen molar-refractivity contribution in [2.75, 3.05) is 13.2 Å². The number of benzene rings is 2. The second kappa shape index (κ2) is 9.20. The molecular weight excluding hydrogens is 386 g/mol. The van der Waals surface area contributed by atoms with Crippen molar-refractivity contribution in [3.05, 3.63) is 70.7 Å². The third kappa shape index (κ3) is 5.22. The van der Waals surface area contributed by atoms with Crippen LogP contribution in [0.5, 0.6) is 5.75 Å². The fraction of sp³-hybridized carbons (Fsp3) is 0.304. The fourth-order valence-electron chi connectivity index (χ4n) is 3.08. The summed E-state index contributed by atoms with van der Waals surface area (Å²) in [7, 11) is 0. The smallest absolute Gasteiger partial charge is 0.338 e. The molecule has 1 atom stereocenters. The standard InChI is InChI=1S/C23H23NO4S/c1-16-4-6-17(7-5-16)22-24-19(15-29-22)13-28-23(25)18-8-10-20(11-9-18)27-14-21-3-2-12-26-21/h4-11,15,21H,2-3,12-14H2,1H3/t21-/m1/s1. The molecule has 1 aliphatic heterocycles. The molecule has 6 heteroatoms. The van der Waals surface area contributed by atoms with Crippen LogP contribution in [0.1, 0.15) is 34.5 Å². The van der Waals surface area contributed by atoms with Gasteiger partial charge in [0.15, 0.2) is 0 Å². The number of hydrogen-bond acceptors (Lipinski definition) is 6. The molecule has 4 rings (SSSR count). The summed E-state index contributed by atoms with van der Waals surface area (Å²) < 4.78 is 16.7. The predicted octanol–water partition coefficient (Wildman–Crippen LogP) is 5.03. The number of hydrogen-bond donors (Lipinski definition) is 0. The van der Waals surface area contributed by atoms with E-state index in [4.69, 9.17) is 14.2 Å². The Bertz CT molecular complexity index is 944. The van der Waals surface area contributed by atoms with E-state index in [1.54, 1.807) is 35.6 Å². The molecule has 1 saturated heterocycles. The number of esters is 1. The van der Waals surface area contributed by atoms with Gasteiger partial charge in [0.25, 0.3) is 0 Å². The summed E-state index contributed by atoms with van der Waals surface area (Å²) in [4.78, 5) is 16.9. The van der Waals surface area contributed by atoms with Crippen molar-refractivity contribution >= 4 is 17.3 Å². The van der Waals surface area contributed by atoms with Gasteiger partial charge in [-0.2, -0.15) is 0 Å². The van der Waals surface area contributed by atoms with Crippen molar-refractivity contribution in [2.24, 2.45) is 0 Å². The third-order valence-corrected chi connectivity index (χ3v) is 5.69. The maximum Gasteiger partial charge on any atom is 0.338 e. The Morgan fingerprint density at radius 1 is 1.17 bits per heavy atom. The zero-order chi connectivity index (χ0) is 20.1. The molecule has 3 aromatic rings. The Morgan fingerprint density at radius 3 is 2.69 bits per heavy atom. The van der Waals surface area contributed by atoms with Crippen LogP contribution in [0.3, 0.4) is 0 Å². The van der Waals surface area contributed by atoms with Crippen molar-refractivity contribution in [3.8, 4) is 16.3 Å². The summed E-state index contributed by atoms with van der Waals surface area (Å²) in [6.45, 7) is 3.55. The van der Waals surface area contributed by atoms with E-state index >= 15 is 0 Å². The molecule has 1 aromatic heterocycles. The monoisotopic (exact) mass is 409 g/mol. The van der Waals surface area contributed by atoms with E-state index in [2.05, 4.69) is 24.0 Å². The summed E-state index contributed by atoms with van der Waals surface area (Å²) >= 11 is 1.54. The molecular formula is C23H23NO4S. The second-order valence-electron chi connectivity index (χ2n) is 7.06. The molecule has 2 heterocycles. The third-order valence-electron chi connectivity index (χ3n) is 4.75. The molecule has 2 aromatic carbocycles. The molecule has 1 fully saturated rings. The van der Waals surface area contributed by atoms with E-state index in [1.165, 1.54) is 5.56 Å². The van der Waals surface area contributed by atoms with Crippen molar-refractivity contribution in [2.45, 2.75) is 32.5 Å². The highest BCUT2D eigenvalue weighted by molar-refractivity contribution is 7.13. The normalized spacial score (nSPS) is 16.0. The van der Waals surface area contributed by atoms with Crippen LogP contribution in [-0.4, -0.2) is 30.3 Å². The first-order valence-corrected chi connectivity index (χ1v) is 10.6. The Morgan fingerprint density at radius 2 is 1.97 bits per heavy atom. The number of rotatable bonds is 7. The molecule has 29 heavy (non-hydrogen) atoms. The Labute approximate surface area is 174 Å².